The molecule has 0 aliphatic carbocycles. The Hall–Kier alpha value is -1.51. The van der Waals surface area contributed by atoms with Crippen molar-refractivity contribution in [3.63, 3.8) is 0 Å². The van der Waals surface area contributed by atoms with Crippen LogP contribution in [0, 0.1) is 0 Å². The Labute approximate surface area is 128 Å². The Bertz CT molecular complexity index is 362. The molecular weight excluding hydrogens is 264 g/mol. The van der Waals surface area contributed by atoms with Crippen LogP contribution in [0.1, 0.15) is 58.3 Å². The second-order valence-corrected chi connectivity index (χ2v) is 5.25. The molecule has 1 aromatic carbocycles. The number of rotatable bonds is 12. The van der Waals surface area contributed by atoms with Crippen molar-refractivity contribution in [2.24, 2.45) is 0 Å². The summed E-state index contributed by atoms with van der Waals surface area (Å²) in [6.07, 6.45) is 8.25. The van der Waals surface area contributed by atoms with Gasteiger partial charge in [0.05, 0.1) is 13.2 Å². The Balaban J connectivity index is 1.82. The van der Waals surface area contributed by atoms with Crippen molar-refractivity contribution < 1.29 is 14.3 Å². The molecule has 1 rings (SSSR count). The lowest BCUT2D eigenvalue weighted by Gasteiger charge is -2.06. The first-order valence-corrected chi connectivity index (χ1v) is 8.16. The van der Waals surface area contributed by atoms with Crippen LogP contribution >= 0.6 is 0 Å². The fourth-order valence-electron chi connectivity index (χ4n) is 2.08. The smallest absolute Gasteiger partial charge is 0.305 e. The van der Waals surface area contributed by atoms with Gasteiger partial charge < -0.3 is 9.47 Å². The third-order valence-electron chi connectivity index (χ3n) is 3.27. The summed E-state index contributed by atoms with van der Waals surface area (Å²) in [5.41, 5.74) is 0. The van der Waals surface area contributed by atoms with Crippen LogP contribution in [0.2, 0.25) is 0 Å². The van der Waals surface area contributed by atoms with Crippen molar-refractivity contribution in [1.29, 1.82) is 0 Å². The molecule has 0 atom stereocenters. The molecule has 21 heavy (non-hydrogen) atoms. The van der Waals surface area contributed by atoms with E-state index < -0.39 is 0 Å². The van der Waals surface area contributed by atoms with Crippen molar-refractivity contribution in [3.05, 3.63) is 30.3 Å². The molecule has 0 amide bonds. The van der Waals surface area contributed by atoms with Gasteiger partial charge in [-0.05, 0) is 31.4 Å². The third-order valence-corrected chi connectivity index (χ3v) is 3.27. The van der Waals surface area contributed by atoms with Gasteiger partial charge in [0.2, 0.25) is 0 Å². The predicted octanol–water partition coefficient (Wildman–Crippen LogP) is 4.75. The molecule has 0 saturated heterocycles. The number of carbonyl (C=O) groups is 1. The molecule has 0 aliphatic rings. The highest BCUT2D eigenvalue weighted by atomic mass is 16.5. The number of ether oxygens (including phenoxy) is 2. The van der Waals surface area contributed by atoms with Gasteiger partial charge in [0.25, 0.3) is 0 Å². The predicted molar refractivity (Wildman–Crippen MR) is 85.5 cm³/mol. The number of hydrogen-bond donors (Lipinski definition) is 0. The summed E-state index contributed by atoms with van der Waals surface area (Å²) in [6.45, 7) is 3.36. The van der Waals surface area contributed by atoms with E-state index in [0.717, 1.165) is 38.0 Å². The molecule has 0 heterocycles. The Kier molecular flexibility index (Phi) is 10.2. The van der Waals surface area contributed by atoms with Gasteiger partial charge in [-0.15, -0.1) is 0 Å². The molecule has 118 valence electrons. The van der Waals surface area contributed by atoms with Gasteiger partial charge in [0, 0.05) is 6.42 Å². The van der Waals surface area contributed by atoms with Crippen molar-refractivity contribution in [2.75, 3.05) is 13.2 Å². The molecule has 0 aromatic heterocycles. The van der Waals surface area contributed by atoms with Crippen LogP contribution in [0.25, 0.3) is 0 Å². The first kappa shape index (κ1) is 17.5. The van der Waals surface area contributed by atoms with Crippen molar-refractivity contribution in [2.45, 2.75) is 58.3 Å². The summed E-state index contributed by atoms with van der Waals surface area (Å²) in [5, 5.41) is 0. The average molecular weight is 292 g/mol. The maximum absolute atomic E-state index is 11.1. The summed E-state index contributed by atoms with van der Waals surface area (Å²) in [5.74, 6) is 0.891. The monoisotopic (exact) mass is 292 g/mol. The first-order chi connectivity index (χ1) is 10.3. The zero-order chi connectivity index (χ0) is 15.2. The Morgan fingerprint density at radius 3 is 2.19 bits per heavy atom. The quantitative estimate of drug-likeness (QED) is 0.412. The molecule has 0 spiro atoms. The number of esters is 1. The van der Waals surface area contributed by atoms with Gasteiger partial charge in [-0.1, -0.05) is 50.8 Å². The standard InChI is InChI=1S/C18H28O3/c1-2-12-18(19)21-16-11-6-4-3-5-10-15-20-17-13-8-7-9-14-17/h7-9,13-14H,2-6,10-12,15-16H2,1H3. The SMILES string of the molecule is CCCC(=O)OCCCCCCCCOc1ccccc1. The van der Waals surface area contributed by atoms with E-state index in [1.54, 1.807) is 0 Å². The molecule has 0 bridgehead atoms. The van der Waals surface area contributed by atoms with Crippen molar-refractivity contribution in [1.82, 2.24) is 0 Å². The van der Waals surface area contributed by atoms with Gasteiger partial charge in [-0.3, -0.25) is 4.79 Å². The maximum atomic E-state index is 11.1. The molecule has 0 aliphatic heterocycles. The fraction of sp³-hybridized carbons (Fsp3) is 0.611. The summed E-state index contributed by atoms with van der Waals surface area (Å²) in [7, 11) is 0. The van der Waals surface area contributed by atoms with E-state index in [9.17, 15) is 4.79 Å². The fourth-order valence-corrected chi connectivity index (χ4v) is 2.08. The average Bonchev–Trinajstić information content (AvgIpc) is 2.50. The van der Waals surface area contributed by atoms with Crippen LogP contribution < -0.4 is 4.74 Å². The largest absolute Gasteiger partial charge is 0.494 e. The normalized spacial score (nSPS) is 10.3. The summed E-state index contributed by atoms with van der Waals surface area (Å²) in [4.78, 5) is 11.1. The first-order valence-electron chi connectivity index (χ1n) is 8.16. The molecular formula is C18H28O3. The highest BCUT2D eigenvalue weighted by molar-refractivity contribution is 5.69. The van der Waals surface area contributed by atoms with Gasteiger partial charge >= 0.3 is 5.97 Å². The second kappa shape index (κ2) is 12.2. The van der Waals surface area contributed by atoms with E-state index in [-0.39, 0.29) is 5.97 Å². The third kappa shape index (κ3) is 9.94. The molecule has 0 unspecified atom stereocenters. The second-order valence-electron chi connectivity index (χ2n) is 5.25. The maximum Gasteiger partial charge on any atom is 0.305 e. The van der Waals surface area contributed by atoms with Gasteiger partial charge in [0.15, 0.2) is 0 Å². The topological polar surface area (TPSA) is 35.5 Å². The van der Waals surface area contributed by atoms with E-state index in [1.807, 2.05) is 37.3 Å². The minimum Gasteiger partial charge on any atom is -0.494 e. The van der Waals surface area contributed by atoms with Gasteiger partial charge in [0.1, 0.15) is 5.75 Å². The Morgan fingerprint density at radius 1 is 0.905 bits per heavy atom. The zero-order valence-electron chi connectivity index (χ0n) is 13.2. The molecule has 0 fully saturated rings. The highest BCUT2D eigenvalue weighted by Gasteiger charge is 1.99. The lowest BCUT2D eigenvalue weighted by Crippen LogP contribution is -2.04. The summed E-state index contributed by atoms with van der Waals surface area (Å²) in [6, 6.07) is 9.94. The van der Waals surface area contributed by atoms with E-state index in [1.165, 1.54) is 19.3 Å². The molecule has 3 nitrogen and oxygen atoms in total. The van der Waals surface area contributed by atoms with Gasteiger partial charge in [-0.2, -0.15) is 0 Å². The molecule has 0 radical (unpaired) electrons. The lowest BCUT2D eigenvalue weighted by atomic mass is 10.1. The van der Waals surface area contributed by atoms with E-state index in [0.29, 0.717) is 13.0 Å². The van der Waals surface area contributed by atoms with E-state index in [4.69, 9.17) is 9.47 Å². The number of para-hydroxylation sites is 1. The van der Waals surface area contributed by atoms with E-state index in [2.05, 4.69) is 0 Å². The van der Waals surface area contributed by atoms with Gasteiger partial charge in [-0.25, -0.2) is 0 Å². The van der Waals surface area contributed by atoms with Crippen LogP contribution in [-0.2, 0) is 9.53 Å². The zero-order valence-corrected chi connectivity index (χ0v) is 13.2. The molecule has 1 aromatic rings. The van der Waals surface area contributed by atoms with Crippen LogP contribution in [-0.4, -0.2) is 19.2 Å². The van der Waals surface area contributed by atoms with Crippen molar-refractivity contribution >= 4 is 5.97 Å². The Morgan fingerprint density at radius 2 is 1.52 bits per heavy atom. The number of carbonyl (C=O) groups excluding carboxylic acids is 1. The minimum absolute atomic E-state index is 0.0597. The van der Waals surface area contributed by atoms with Crippen molar-refractivity contribution in [3.8, 4) is 5.75 Å². The molecule has 3 heteroatoms. The number of benzene rings is 1. The van der Waals surface area contributed by atoms with Crippen LogP contribution in [0.3, 0.4) is 0 Å². The number of hydrogen-bond acceptors (Lipinski definition) is 3. The number of unbranched alkanes of at least 4 members (excludes halogenated alkanes) is 5. The highest BCUT2D eigenvalue weighted by Crippen LogP contribution is 2.10. The minimum atomic E-state index is -0.0597. The van der Waals surface area contributed by atoms with Crippen LogP contribution in [0.5, 0.6) is 5.75 Å². The summed E-state index contributed by atoms with van der Waals surface area (Å²) >= 11 is 0. The molecule has 0 saturated carbocycles. The summed E-state index contributed by atoms with van der Waals surface area (Å²) < 4.78 is 10.8. The molecule has 0 N–H and O–H groups in total. The van der Waals surface area contributed by atoms with Crippen LogP contribution in [0.4, 0.5) is 0 Å². The van der Waals surface area contributed by atoms with Crippen LogP contribution in [0.15, 0.2) is 30.3 Å². The lowest BCUT2D eigenvalue weighted by molar-refractivity contribution is -0.143. The van der Waals surface area contributed by atoms with E-state index >= 15 is 0 Å².